The van der Waals surface area contributed by atoms with Crippen LogP contribution in [0.5, 0.6) is 0 Å². The summed E-state index contributed by atoms with van der Waals surface area (Å²) in [5.74, 6) is 0. The standard InChI is InChI=1S/C15H20ClNO3/c1-10-5-6-12(16)11(7-10)15(19)8-17(9-15)13(18)20-14(2,3)4/h5-7,19H,8-9H2,1-4H3. The Kier molecular flexibility index (Phi) is 3.73. The van der Waals surface area contributed by atoms with E-state index in [9.17, 15) is 9.90 Å². The Morgan fingerprint density at radius 3 is 2.55 bits per heavy atom. The molecule has 0 atom stereocenters. The first kappa shape index (κ1) is 15.1. The molecule has 1 aromatic carbocycles. The molecule has 2 rings (SSSR count). The molecule has 1 aliphatic heterocycles. The molecular formula is C15H20ClNO3. The first-order chi connectivity index (χ1) is 9.11. The number of amides is 1. The van der Waals surface area contributed by atoms with Crippen LogP contribution >= 0.6 is 11.6 Å². The lowest BCUT2D eigenvalue weighted by atomic mass is 9.85. The number of rotatable bonds is 1. The summed E-state index contributed by atoms with van der Waals surface area (Å²) in [6.07, 6.45) is -0.411. The maximum absolute atomic E-state index is 11.9. The average molecular weight is 298 g/mol. The molecule has 0 unspecified atom stereocenters. The fourth-order valence-corrected chi connectivity index (χ4v) is 2.50. The van der Waals surface area contributed by atoms with E-state index in [1.54, 1.807) is 6.07 Å². The van der Waals surface area contributed by atoms with Crippen molar-refractivity contribution in [1.29, 1.82) is 0 Å². The lowest BCUT2D eigenvalue weighted by Crippen LogP contribution is -2.62. The molecular weight excluding hydrogens is 278 g/mol. The van der Waals surface area contributed by atoms with Gasteiger partial charge >= 0.3 is 6.09 Å². The van der Waals surface area contributed by atoms with E-state index < -0.39 is 17.3 Å². The Labute approximate surface area is 124 Å². The number of carbonyl (C=O) groups is 1. The van der Waals surface area contributed by atoms with E-state index in [-0.39, 0.29) is 13.1 Å². The van der Waals surface area contributed by atoms with Crippen molar-refractivity contribution in [3.8, 4) is 0 Å². The van der Waals surface area contributed by atoms with E-state index in [2.05, 4.69) is 0 Å². The molecule has 1 saturated heterocycles. The van der Waals surface area contributed by atoms with E-state index in [0.29, 0.717) is 10.6 Å². The molecule has 0 saturated carbocycles. The molecule has 0 bridgehead atoms. The van der Waals surface area contributed by atoms with Gasteiger partial charge in [0.1, 0.15) is 11.2 Å². The van der Waals surface area contributed by atoms with E-state index in [1.807, 2.05) is 39.8 Å². The SMILES string of the molecule is Cc1ccc(Cl)c(C2(O)CN(C(=O)OC(C)(C)C)C2)c1. The first-order valence-corrected chi connectivity index (χ1v) is 6.95. The van der Waals surface area contributed by atoms with Crippen molar-refractivity contribution in [2.24, 2.45) is 0 Å². The van der Waals surface area contributed by atoms with Crippen molar-refractivity contribution in [3.05, 3.63) is 34.3 Å². The molecule has 0 aliphatic carbocycles. The number of carbonyl (C=O) groups excluding carboxylic acids is 1. The number of aliphatic hydroxyl groups is 1. The van der Waals surface area contributed by atoms with Crippen LogP contribution in [0, 0.1) is 6.92 Å². The van der Waals surface area contributed by atoms with Crippen LogP contribution < -0.4 is 0 Å². The Morgan fingerprint density at radius 1 is 1.40 bits per heavy atom. The van der Waals surface area contributed by atoms with Crippen LogP contribution in [0.25, 0.3) is 0 Å². The van der Waals surface area contributed by atoms with Gasteiger partial charge in [0.2, 0.25) is 0 Å². The van der Waals surface area contributed by atoms with Crippen molar-refractivity contribution in [3.63, 3.8) is 0 Å². The van der Waals surface area contributed by atoms with Gasteiger partial charge in [-0.15, -0.1) is 0 Å². The van der Waals surface area contributed by atoms with E-state index in [1.165, 1.54) is 4.90 Å². The smallest absolute Gasteiger partial charge is 0.410 e. The molecule has 5 heteroatoms. The zero-order chi connectivity index (χ0) is 15.1. The van der Waals surface area contributed by atoms with Gasteiger partial charge in [-0.05, 0) is 33.8 Å². The normalized spacial score (nSPS) is 17.6. The van der Waals surface area contributed by atoms with Crippen LogP contribution in [0.15, 0.2) is 18.2 Å². The van der Waals surface area contributed by atoms with Crippen molar-refractivity contribution in [2.75, 3.05) is 13.1 Å². The number of benzene rings is 1. The molecule has 1 N–H and O–H groups in total. The maximum atomic E-state index is 11.9. The minimum absolute atomic E-state index is 0.199. The van der Waals surface area contributed by atoms with Gasteiger partial charge in [-0.2, -0.15) is 0 Å². The number of nitrogens with zero attached hydrogens (tertiary/aromatic N) is 1. The third-order valence-corrected chi connectivity index (χ3v) is 3.51. The fraction of sp³-hybridized carbons (Fsp3) is 0.533. The van der Waals surface area contributed by atoms with Gasteiger partial charge in [0.25, 0.3) is 0 Å². The highest BCUT2D eigenvalue weighted by Crippen LogP contribution is 2.37. The van der Waals surface area contributed by atoms with Gasteiger partial charge in [0, 0.05) is 10.6 Å². The second-order valence-electron chi connectivity index (χ2n) is 6.35. The third-order valence-electron chi connectivity index (χ3n) is 3.18. The highest BCUT2D eigenvalue weighted by atomic mass is 35.5. The zero-order valence-electron chi connectivity index (χ0n) is 12.2. The van der Waals surface area contributed by atoms with Crippen molar-refractivity contribution >= 4 is 17.7 Å². The zero-order valence-corrected chi connectivity index (χ0v) is 13.0. The lowest BCUT2D eigenvalue weighted by molar-refractivity contribution is -0.103. The molecule has 110 valence electrons. The van der Waals surface area contributed by atoms with Crippen LogP contribution in [0.2, 0.25) is 5.02 Å². The molecule has 4 nitrogen and oxygen atoms in total. The topological polar surface area (TPSA) is 49.8 Å². The van der Waals surface area contributed by atoms with E-state index >= 15 is 0 Å². The van der Waals surface area contributed by atoms with Gasteiger partial charge in [-0.1, -0.05) is 29.3 Å². The highest BCUT2D eigenvalue weighted by Gasteiger charge is 2.47. The number of likely N-dealkylation sites (tertiary alicyclic amines) is 1. The molecule has 0 radical (unpaired) electrons. The van der Waals surface area contributed by atoms with Crippen LogP contribution in [0.3, 0.4) is 0 Å². The minimum Gasteiger partial charge on any atom is -0.444 e. The Hall–Kier alpha value is -1.26. The van der Waals surface area contributed by atoms with E-state index in [4.69, 9.17) is 16.3 Å². The number of hydrogen-bond donors (Lipinski definition) is 1. The van der Waals surface area contributed by atoms with Crippen molar-refractivity contribution in [2.45, 2.75) is 38.9 Å². The summed E-state index contributed by atoms with van der Waals surface area (Å²) >= 11 is 6.13. The van der Waals surface area contributed by atoms with Crippen LogP contribution in [0.4, 0.5) is 4.79 Å². The van der Waals surface area contributed by atoms with Crippen LogP contribution in [0.1, 0.15) is 31.9 Å². The highest BCUT2D eigenvalue weighted by molar-refractivity contribution is 6.31. The van der Waals surface area contributed by atoms with E-state index in [0.717, 1.165) is 5.56 Å². The number of halogens is 1. The molecule has 1 heterocycles. The predicted molar refractivity (Wildman–Crippen MR) is 77.9 cm³/mol. The second-order valence-corrected chi connectivity index (χ2v) is 6.76. The number of β-amino-alcohol motifs (C(OH)–C–C–N with tert-alkyl or cyclic N) is 1. The predicted octanol–water partition coefficient (Wildman–Crippen LogP) is 3.09. The Morgan fingerprint density at radius 2 is 2.00 bits per heavy atom. The fourth-order valence-electron chi connectivity index (χ4n) is 2.21. The summed E-state index contributed by atoms with van der Waals surface area (Å²) in [5.41, 5.74) is 0.0682. The number of aryl methyl sites for hydroxylation is 1. The van der Waals surface area contributed by atoms with Crippen molar-refractivity contribution in [1.82, 2.24) is 4.90 Å². The molecule has 1 aromatic rings. The molecule has 1 fully saturated rings. The molecule has 0 aromatic heterocycles. The van der Waals surface area contributed by atoms with Crippen LogP contribution in [-0.2, 0) is 10.3 Å². The van der Waals surface area contributed by atoms with Gasteiger partial charge in [-0.25, -0.2) is 4.79 Å². The third kappa shape index (κ3) is 3.07. The Bertz CT molecular complexity index is 530. The quantitative estimate of drug-likeness (QED) is 0.866. The number of hydrogen-bond acceptors (Lipinski definition) is 3. The van der Waals surface area contributed by atoms with Crippen molar-refractivity contribution < 1.29 is 14.6 Å². The van der Waals surface area contributed by atoms with Gasteiger partial charge in [-0.3, -0.25) is 0 Å². The van der Waals surface area contributed by atoms with Gasteiger partial charge in [0.05, 0.1) is 13.1 Å². The first-order valence-electron chi connectivity index (χ1n) is 6.58. The molecule has 20 heavy (non-hydrogen) atoms. The molecule has 0 spiro atoms. The summed E-state index contributed by atoms with van der Waals surface area (Å²) in [4.78, 5) is 13.3. The minimum atomic E-state index is -1.08. The van der Waals surface area contributed by atoms with Crippen LogP contribution in [-0.4, -0.2) is 34.8 Å². The second kappa shape index (κ2) is 4.93. The summed E-state index contributed by atoms with van der Waals surface area (Å²) < 4.78 is 5.27. The maximum Gasteiger partial charge on any atom is 0.410 e. The summed E-state index contributed by atoms with van der Waals surface area (Å²) in [5, 5.41) is 11.1. The Balaban J connectivity index is 2.07. The van der Waals surface area contributed by atoms with Gasteiger partial charge in [0.15, 0.2) is 0 Å². The summed E-state index contributed by atoms with van der Waals surface area (Å²) in [6, 6.07) is 5.51. The monoisotopic (exact) mass is 297 g/mol. The molecule has 1 aliphatic rings. The summed E-state index contributed by atoms with van der Waals surface area (Å²) in [7, 11) is 0. The molecule has 1 amide bonds. The largest absolute Gasteiger partial charge is 0.444 e. The average Bonchev–Trinajstić information content (AvgIpc) is 2.25. The summed E-state index contributed by atoms with van der Waals surface area (Å²) in [6.45, 7) is 7.78. The lowest BCUT2D eigenvalue weighted by Gasteiger charge is -2.46. The van der Waals surface area contributed by atoms with Gasteiger partial charge < -0.3 is 14.7 Å². The number of ether oxygens (including phenoxy) is 1.